The van der Waals surface area contributed by atoms with Crippen molar-refractivity contribution >= 4 is 18.9 Å². The van der Waals surface area contributed by atoms with Crippen LogP contribution in [-0.4, -0.2) is 52.4 Å². The first-order valence-electron chi connectivity index (χ1n) is 10.9. The van der Waals surface area contributed by atoms with Crippen LogP contribution in [0.2, 0.25) is 0 Å². The quantitative estimate of drug-likeness (QED) is 0.318. The van der Waals surface area contributed by atoms with Gasteiger partial charge in [-0.3, -0.25) is 9.59 Å². The first-order chi connectivity index (χ1) is 14.8. The standard InChI is InChI=1S/C23H32BN3O4/c1-17(2)14-19(16-25)23(29)27-13-7-6-10-20(27)11-12-22(28)26-21(24(30)31)15-18-8-4-3-5-9-18/h3-5,8-9,14,17,20-21,30-31H,6-7,10-13,15H2,1-2H3,(H,26,28). The average Bonchev–Trinajstić information content (AvgIpc) is 2.75. The maximum atomic E-state index is 12.9. The van der Waals surface area contributed by atoms with E-state index in [9.17, 15) is 24.9 Å². The Labute approximate surface area is 184 Å². The number of hydrogen-bond acceptors (Lipinski definition) is 5. The molecule has 1 aromatic carbocycles. The Bertz CT molecular complexity index is 805. The van der Waals surface area contributed by atoms with Crippen LogP contribution in [0.5, 0.6) is 0 Å². The van der Waals surface area contributed by atoms with Crippen LogP contribution in [0, 0.1) is 17.2 Å². The number of likely N-dealkylation sites (tertiary alicyclic amines) is 1. The zero-order chi connectivity index (χ0) is 22.8. The van der Waals surface area contributed by atoms with E-state index in [2.05, 4.69) is 5.32 Å². The van der Waals surface area contributed by atoms with Gasteiger partial charge in [0.15, 0.2) is 0 Å². The number of allylic oxidation sites excluding steroid dienone is 1. The van der Waals surface area contributed by atoms with Crippen molar-refractivity contribution in [2.45, 2.75) is 64.4 Å². The van der Waals surface area contributed by atoms with Crippen molar-refractivity contribution in [1.29, 1.82) is 5.26 Å². The van der Waals surface area contributed by atoms with Gasteiger partial charge in [-0.15, -0.1) is 0 Å². The van der Waals surface area contributed by atoms with E-state index in [1.807, 2.05) is 50.2 Å². The second kappa shape index (κ2) is 12.3. The van der Waals surface area contributed by atoms with Gasteiger partial charge < -0.3 is 20.3 Å². The lowest BCUT2D eigenvalue weighted by Gasteiger charge is -2.35. The van der Waals surface area contributed by atoms with Crippen LogP contribution >= 0.6 is 0 Å². The number of nitriles is 1. The van der Waals surface area contributed by atoms with Crippen molar-refractivity contribution in [3.63, 3.8) is 0 Å². The minimum atomic E-state index is -1.67. The van der Waals surface area contributed by atoms with Crippen molar-refractivity contribution in [3.05, 3.63) is 47.5 Å². The summed E-state index contributed by atoms with van der Waals surface area (Å²) < 4.78 is 0. The third-order valence-electron chi connectivity index (χ3n) is 5.45. The Hall–Kier alpha value is -2.63. The summed E-state index contributed by atoms with van der Waals surface area (Å²) in [4.78, 5) is 27.1. The summed E-state index contributed by atoms with van der Waals surface area (Å²) in [5.41, 5.74) is 1.05. The second-order valence-electron chi connectivity index (χ2n) is 8.40. The molecule has 1 saturated heterocycles. The van der Waals surface area contributed by atoms with Gasteiger partial charge in [-0.2, -0.15) is 5.26 Å². The van der Waals surface area contributed by atoms with E-state index >= 15 is 0 Å². The van der Waals surface area contributed by atoms with E-state index in [-0.39, 0.29) is 35.8 Å². The fraction of sp³-hybridized carbons (Fsp3) is 0.522. The maximum absolute atomic E-state index is 12.9. The molecule has 31 heavy (non-hydrogen) atoms. The van der Waals surface area contributed by atoms with Crippen LogP contribution in [0.4, 0.5) is 0 Å². The van der Waals surface area contributed by atoms with Gasteiger partial charge in [0.2, 0.25) is 5.91 Å². The Kier molecular flexibility index (Phi) is 9.76. The number of rotatable bonds is 9. The van der Waals surface area contributed by atoms with E-state index in [4.69, 9.17) is 0 Å². The van der Waals surface area contributed by atoms with Crippen molar-refractivity contribution < 1.29 is 19.6 Å². The largest absolute Gasteiger partial charge is 0.475 e. The molecule has 0 aromatic heterocycles. The van der Waals surface area contributed by atoms with Gasteiger partial charge in [-0.25, -0.2) is 0 Å². The fourth-order valence-electron chi connectivity index (χ4n) is 3.89. The van der Waals surface area contributed by atoms with Crippen LogP contribution < -0.4 is 5.32 Å². The van der Waals surface area contributed by atoms with Crippen LogP contribution in [0.1, 0.15) is 51.5 Å². The number of nitrogens with one attached hydrogen (secondary N) is 1. The van der Waals surface area contributed by atoms with Crippen molar-refractivity contribution in [2.75, 3.05) is 6.54 Å². The minimum absolute atomic E-state index is 0.0964. The molecular weight excluding hydrogens is 393 g/mol. The number of nitrogens with zero attached hydrogens (tertiary/aromatic N) is 2. The predicted octanol–water partition coefficient (Wildman–Crippen LogP) is 1.99. The van der Waals surface area contributed by atoms with Crippen LogP contribution in [0.3, 0.4) is 0 Å². The molecule has 7 nitrogen and oxygen atoms in total. The topological polar surface area (TPSA) is 114 Å². The molecule has 1 aliphatic rings. The molecule has 8 heteroatoms. The maximum Gasteiger partial charge on any atom is 0.475 e. The SMILES string of the molecule is CC(C)C=C(C#N)C(=O)N1CCCCC1CCC(=O)NC(Cc1ccccc1)B(O)O. The molecule has 0 spiro atoms. The zero-order valence-corrected chi connectivity index (χ0v) is 18.3. The third kappa shape index (κ3) is 7.85. The second-order valence-corrected chi connectivity index (χ2v) is 8.40. The lowest BCUT2D eigenvalue weighted by atomic mass is 9.76. The first-order valence-corrected chi connectivity index (χ1v) is 10.9. The highest BCUT2D eigenvalue weighted by Gasteiger charge is 2.30. The Morgan fingerprint density at radius 2 is 2.00 bits per heavy atom. The molecule has 166 valence electrons. The van der Waals surface area contributed by atoms with Gasteiger partial charge in [0.1, 0.15) is 11.6 Å². The lowest BCUT2D eigenvalue weighted by Crippen LogP contribution is -2.48. The summed E-state index contributed by atoms with van der Waals surface area (Å²) in [7, 11) is -1.67. The molecule has 1 aromatic rings. The summed E-state index contributed by atoms with van der Waals surface area (Å²) in [5.74, 6) is -1.27. The van der Waals surface area contributed by atoms with E-state index in [1.165, 1.54) is 0 Å². The molecule has 0 saturated carbocycles. The van der Waals surface area contributed by atoms with Crippen molar-refractivity contribution in [2.24, 2.45) is 5.92 Å². The summed E-state index contributed by atoms with van der Waals surface area (Å²) >= 11 is 0. The highest BCUT2D eigenvalue weighted by molar-refractivity contribution is 6.43. The number of carbonyl (C=O) groups is 2. The van der Waals surface area contributed by atoms with E-state index in [0.29, 0.717) is 19.4 Å². The number of carbonyl (C=O) groups excluding carboxylic acids is 2. The Balaban J connectivity index is 1.96. The fourth-order valence-corrected chi connectivity index (χ4v) is 3.89. The summed E-state index contributed by atoms with van der Waals surface area (Å²) in [6, 6.07) is 11.2. The molecule has 0 aliphatic carbocycles. The molecule has 3 N–H and O–H groups in total. The van der Waals surface area contributed by atoms with Gasteiger partial charge in [-0.05, 0) is 43.6 Å². The smallest absolute Gasteiger partial charge is 0.426 e. The molecule has 2 amide bonds. The molecule has 0 bridgehead atoms. The summed E-state index contributed by atoms with van der Waals surface area (Å²) in [5, 5.41) is 31.4. The van der Waals surface area contributed by atoms with Crippen LogP contribution in [-0.2, 0) is 16.0 Å². The van der Waals surface area contributed by atoms with Crippen LogP contribution in [0.25, 0.3) is 0 Å². The normalized spacial score (nSPS) is 17.7. The molecule has 1 heterocycles. The molecular formula is C23H32BN3O4. The van der Waals surface area contributed by atoms with Gasteiger partial charge in [0.25, 0.3) is 5.91 Å². The zero-order valence-electron chi connectivity index (χ0n) is 18.3. The number of benzene rings is 1. The average molecular weight is 425 g/mol. The molecule has 2 atom stereocenters. The highest BCUT2D eigenvalue weighted by Crippen LogP contribution is 2.23. The summed E-state index contributed by atoms with van der Waals surface area (Å²) in [6.07, 6.45) is 5.26. The minimum Gasteiger partial charge on any atom is -0.426 e. The predicted molar refractivity (Wildman–Crippen MR) is 119 cm³/mol. The molecule has 2 rings (SSSR count). The van der Waals surface area contributed by atoms with E-state index < -0.39 is 13.1 Å². The number of hydrogen-bond donors (Lipinski definition) is 3. The van der Waals surface area contributed by atoms with Crippen molar-refractivity contribution in [3.8, 4) is 6.07 Å². The van der Waals surface area contributed by atoms with Gasteiger partial charge in [0.05, 0.1) is 5.94 Å². The molecule has 1 fully saturated rings. The number of amides is 2. The summed E-state index contributed by atoms with van der Waals surface area (Å²) in [6.45, 7) is 4.42. The van der Waals surface area contributed by atoms with E-state index in [0.717, 1.165) is 24.8 Å². The Morgan fingerprint density at radius 3 is 2.61 bits per heavy atom. The van der Waals surface area contributed by atoms with Gasteiger partial charge in [0, 0.05) is 19.0 Å². The number of piperidine rings is 1. The first kappa shape index (κ1) is 24.6. The highest BCUT2D eigenvalue weighted by atomic mass is 16.4. The van der Waals surface area contributed by atoms with Gasteiger partial charge in [-0.1, -0.05) is 50.3 Å². The molecule has 0 radical (unpaired) electrons. The molecule has 1 aliphatic heterocycles. The molecule has 2 unspecified atom stereocenters. The van der Waals surface area contributed by atoms with Crippen LogP contribution in [0.15, 0.2) is 42.0 Å². The van der Waals surface area contributed by atoms with Crippen molar-refractivity contribution in [1.82, 2.24) is 10.2 Å². The van der Waals surface area contributed by atoms with Gasteiger partial charge >= 0.3 is 7.12 Å². The Morgan fingerprint density at radius 1 is 1.29 bits per heavy atom. The third-order valence-corrected chi connectivity index (χ3v) is 5.45. The monoisotopic (exact) mass is 425 g/mol. The lowest BCUT2D eigenvalue weighted by molar-refractivity contribution is -0.131. The van der Waals surface area contributed by atoms with E-state index in [1.54, 1.807) is 11.0 Å².